The van der Waals surface area contributed by atoms with Gasteiger partial charge < -0.3 is 20.0 Å². The average molecular weight is 391 g/mol. The fraction of sp³-hybridized carbons (Fsp3) is 0.696. The smallest absolute Gasteiger partial charge is 0.133 e. The van der Waals surface area contributed by atoms with E-state index in [-0.39, 0.29) is 0 Å². The van der Waals surface area contributed by atoms with E-state index in [9.17, 15) is 9.90 Å². The standard InChI is InChI=1S/C14H21NO.C9H17NO2/c1-4-11-5-6-12-7-8-15(2)14(10-16-3)13(12)9-11;11-7-6-10-8-9(12)4-2-1-3-5-9/h5-6,9,14H,4,7-8,10H2,1-3H3;7,10,12H,1-6,8H2. The van der Waals surface area contributed by atoms with Crippen molar-refractivity contribution in [2.75, 3.05) is 40.4 Å². The Bertz CT molecular complexity index is 600. The second-order valence-corrected chi connectivity index (χ2v) is 8.17. The van der Waals surface area contributed by atoms with Crippen LogP contribution in [0.15, 0.2) is 18.2 Å². The number of aryl methyl sites for hydroxylation is 1. The number of benzene rings is 1. The molecule has 0 aromatic heterocycles. The molecule has 1 aliphatic carbocycles. The Labute approximate surface area is 170 Å². The van der Waals surface area contributed by atoms with Crippen molar-refractivity contribution in [2.45, 2.75) is 63.5 Å². The van der Waals surface area contributed by atoms with Crippen molar-refractivity contribution in [3.05, 3.63) is 34.9 Å². The van der Waals surface area contributed by atoms with E-state index in [0.717, 1.165) is 58.0 Å². The predicted octanol–water partition coefficient (Wildman–Crippen LogP) is 2.89. The van der Waals surface area contributed by atoms with Gasteiger partial charge in [-0.1, -0.05) is 44.4 Å². The zero-order valence-electron chi connectivity index (χ0n) is 17.9. The Morgan fingerprint density at radius 2 is 2.07 bits per heavy atom. The molecule has 5 nitrogen and oxygen atoms in total. The van der Waals surface area contributed by atoms with Crippen LogP contribution in [0.25, 0.3) is 0 Å². The second-order valence-electron chi connectivity index (χ2n) is 8.17. The highest BCUT2D eigenvalue weighted by atomic mass is 16.5. The number of ether oxygens (including phenoxy) is 1. The van der Waals surface area contributed by atoms with Crippen LogP contribution >= 0.6 is 0 Å². The molecule has 1 aromatic rings. The summed E-state index contributed by atoms with van der Waals surface area (Å²) in [6, 6.07) is 7.34. The van der Waals surface area contributed by atoms with Gasteiger partial charge in [0.25, 0.3) is 0 Å². The first-order valence-corrected chi connectivity index (χ1v) is 10.7. The van der Waals surface area contributed by atoms with E-state index in [1.807, 2.05) is 0 Å². The predicted molar refractivity (Wildman–Crippen MR) is 114 cm³/mol. The molecular formula is C23H38N2O3. The van der Waals surface area contributed by atoms with Gasteiger partial charge in [0, 0.05) is 20.2 Å². The number of carbonyl (C=O) groups excluding carboxylic acids is 1. The lowest BCUT2D eigenvalue weighted by atomic mass is 9.85. The number of nitrogens with one attached hydrogen (secondary N) is 1. The molecule has 1 saturated carbocycles. The minimum absolute atomic E-state index is 0.350. The van der Waals surface area contributed by atoms with Gasteiger partial charge in [-0.25, -0.2) is 0 Å². The molecule has 1 aliphatic heterocycles. The Morgan fingerprint density at radius 3 is 2.71 bits per heavy atom. The van der Waals surface area contributed by atoms with Crippen LogP contribution in [0.4, 0.5) is 0 Å². The number of fused-ring (bicyclic) bond motifs is 1. The van der Waals surface area contributed by atoms with Gasteiger partial charge in [-0.3, -0.25) is 4.90 Å². The summed E-state index contributed by atoms with van der Waals surface area (Å²) >= 11 is 0. The third kappa shape index (κ3) is 6.66. The number of hydrogen-bond acceptors (Lipinski definition) is 5. The summed E-state index contributed by atoms with van der Waals surface area (Å²) in [5.74, 6) is 0. The molecule has 1 heterocycles. The minimum Gasteiger partial charge on any atom is -0.389 e. The highest BCUT2D eigenvalue weighted by molar-refractivity contribution is 5.51. The number of methoxy groups -OCH3 is 1. The quantitative estimate of drug-likeness (QED) is 0.554. The third-order valence-corrected chi connectivity index (χ3v) is 6.03. The van der Waals surface area contributed by atoms with Gasteiger partial charge in [0.05, 0.1) is 24.8 Å². The number of hydrogen-bond donors (Lipinski definition) is 2. The number of nitrogens with zero attached hydrogens (tertiary/aromatic N) is 1. The van der Waals surface area contributed by atoms with Crippen LogP contribution in [-0.4, -0.2) is 62.3 Å². The Hall–Kier alpha value is -1.27. The van der Waals surface area contributed by atoms with Gasteiger partial charge in [0.1, 0.15) is 6.29 Å². The Morgan fingerprint density at radius 1 is 1.32 bits per heavy atom. The summed E-state index contributed by atoms with van der Waals surface area (Å²) in [6.45, 7) is 5.04. The van der Waals surface area contributed by atoms with Crippen LogP contribution in [0, 0.1) is 0 Å². The van der Waals surface area contributed by atoms with Crippen molar-refractivity contribution < 1.29 is 14.6 Å². The maximum absolute atomic E-state index is 10.0. The molecule has 0 saturated heterocycles. The van der Waals surface area contributed by atoms with Gasteiger partial charge >= 0.3 is 0 Å². The van der Waals surface area contributed by atoms with Crippen molar-refractivity contribution in [1.82, 2.24) is 10.2 Å². The molecule has 3 rings (SSSR count). The molecule has 2 aliphatic rings. The molecular weight excluding hydrogens is 352 g/mol. The van der Waals surface area contributed by atoms with E-state index in [2.05, 4.69) is 42.4 Å². The molecule has 0 radical (unpaired) electrons. The SMILES string of the molecule is CCc1ccc2c(c1)C(COC)N(C)CC2.O=CCNCC1(O)CCCCC1. The summed E-state index contributed by atoms with van der Waals surface area (Å²) in [6.07, 6.45) is 8.30. The maximum atomic E-state index is 10.0. The molecule has 0 amide bonds. The molecule has 0 spiro atoms. The fourth-order valence-electron chi connectivity index (χ4n) is 4.22. The summed E-state index contributed by atoms with van der Waals surface area (Å²) in [4.78, 5) is 12.4. The lowest BCUT2D eigenvalue weighted by Gasteiger charge is -2.34. The Balaban J connectivity index is 0.000000209. The molecule has 158 valence electrons. The first-order valence-electron chi connectivity index (χ1n) is 10.7. The minimum atomic E-state index is -0.540. The number of aliphatic hydroxyl groups is 1. The third-order valence-electron chi connectivity index (χ3n) is 6.03. The van der Waals surface area contributed by atoms with E-state index in [1.54, 1.807) is 7.11 Å². The molecule has 1 unspecified atom stereocenters. The van der Waals surface area contributed by atoms with Gasteiger partial charge in [-0.15, -0.1) is 0 Å². The van der Waals surface area contributed by atoms with Crippen molar-refractivity contribution in [3.8, 4) is 0 Å². The molecule has 1 fully saturated rings. The number of aldehydes is 1. The first kappa shape index (κ1) is 23.0. The normalized spacial score (nSPS) is 21.4. The van der Waals surface area contributed by atoms with Crippen LogP contribution in [0.3, 0.4) is 0 Å². The molecule has 28 heavy (non-hydrogen) atoms. The monoisotopic (exact) mass is 390 g/mol. The summed E-state index contributed by atoms with van der Waals surface area (Å²) in [5.41, 5.74) is 3.85. The van der Waals surface area contributed by atoms with Crippen molar-refractivity contribution in [2.24, 2.45) is 0 Å². The largest absolute Gasteiger partial charge is 0.389 e. The molecule has 1 aromatic carbocycles. The average Bonchev–Trinajstić information content (AvgIpc) is 2.71. The summed E-state index contributed by atoms with van der Waals surface area (Å²) < 4.78 is 5.34. The van der Waals surface area contributed by atoms with Crippen LogP contribution in [-0.2, 0) is 22.4 Å². The van der Waals surface area contributed by atoms with Gasteiger partial charge in [-0.2, -0.15) is 0 Å². The van der Waals surface area contributed by atoms with Crippen molar-refractivity contribution in [1.29, 1.82) is 0 Å². The highest BCUT2D eigenvalue weighted by Crippen LogP contribution is 2.30. The van der Waals surface area contributed by atoms with E-state index < -0.39 is 5.60 Å². The highest BCUT2D eigenvalue weighted by Gasteiger charge is 2.28. The van der Waals surface area contributed by atoms with Crippen LogP contribution in [0.2, 0.25) is 0 Å². The lowest BCUT2D eigenvalue weighted by Crippen LogP contribution is -2.42. The number of rotatable bonds is 7. The maximum Gasteiger partial charge on any atom is 0.133 e. The molecule has 5 heteroatoms. The van der Waals surface area contributed by atoms with Crippen LogP contribution in [0.5, 0.6) is 0 Å². The second kappa shape index (κ2) is 11.7. The van der Waals surface area contributed by atoms with Gasteiger partial charge in [-0.05, 0) is 49.4 Å². The topological polar surface area (TPSA) is 61.8 Å². The lowest BCUT2D eigenvalue weighted by molar-refractivity contribution is -0.107. The van der Waals surface area contributed by atoms with E-state index in [1.165, 1.54) is 23.1 Å². The van der Waals surface area contributed by atoms with E-state index in [0.29, 0.717) is 19.1 Å². The molecule has 1 atom stereocenters. The van der Waals surface area contributed by atoms with Crippen molar-refractivity contribution >= 4 is 6.29 Å². The molecule has 2 N–H and O–H groups in total. The number of likely N-dealkylation sites (N-methyl/N-ethyl adjacent to an activating group) is 1. The van der Waals surface area contributed by atoms with E-state index >= 15 is 0 Å². The molecule has 0 bridgehead atoms. The Kier molecular flexibility index (Phi) is 9.59. The van der Waals surface area contributed by atoms with Crippen molar-refractivity contribution in [3.63, 3.8) is 0 Å². The zero-order chi connectivity index (χ0) is 20.4. The van der Waals surface area contributed by atoms with Gasteiger partial charge in [0.2, 0.25) is 0 Å². The van der Waals surface area contributed by atoms with Crippen LogP contribution in [0.1, 0.15) is 61.8 Å². The fourth-order valence-corrected chi connectivity index (χ4v) is 4.22. The number of carbonyl (C=O) groups is 1. The van der Waals surface area contributed by atoms with Gasteiger partial charge in [0.15, 0.2) is 0 Å². The van der Waals surface area contributed by atoms with Crippen LogP contribution < -0.4 is 5.32 Å². The summed E-state index contributed by atoms with van der Waals surface area (Å²) in [5, 5.41) is 12.8. The van der Waals surface area contributed by atoms with E-state index in [4.69, 9.17) is 4.74 Å². The summed E-state index contributed by atoms with van der Waals surface area (Å²) in [7, 11) is 3.97. The zero-order valence-corrected chi connectivity index (χ0v) is 17.9. The first-order chi connectivity index (χ1) is 13.5.